The van der Waals surface area contributed by atoms with Crippen LogP contribution >= 0.6 is 0 Å². The van der Waals surface area contributed by atoms with Crippen LogP contribution in [-0.4, -0.2) is 15.0 Å². The van der Waals surface area contributed by atoms with E-state index in [1.165, 1.54) is 27.8 Å². The molecular formula is C53H34N4. The smallest absolute Gasteiger partial charge is 0.164 e. The minimum absolute atomic E-state index is 0.577. The summed E-state index contributed by atoms with van der Waals surface area (Å²) in [7, 11) is 0. The van der Waals surface area contributed by atoms with E-state index >= 15 is 0 Å². The topological polar surface area (TPSA) is 62.5 Å². The molecule has 0 spiro atoms. The van der Waals surface area contributed by atoms with Gasteiger partial charge in [0.25, 0.3) is 0 Å². The lowest BCUT2D eigenvalue weighted by molar-refractivity contribution is 0.768. The van der Waals surface area contributed by atoms with Gasteiger partial charge < -0.3 is 0 Å². The molecule has 0 bridgehead atoms. The average Bonchev–Trinajstić information content (AvgIpc) is 3.60. The number of hydrogen-bond donors (Lipinski definition) is 0. The maximum absolute atomic E-state index is 9.56. The number of fused-ring (bicyclic) bond motifs is 3. The van der Waals surface area contributed by atoms with Gasteiger partial charge in [-0.3, -0.25) is 0 Å². The van der Waals surface area contributed by atoms with Crippen LogP contribution in [0.2, 0.25) is 0 Å². The van der Waals surface area contributed by atoms with Crippen LogP contribution in [0.15, 0.2) is 206 Å². The van der Waals surface area contributed by atoms with E-state index in [2.05, 4.69) is 152 Å². The highest BCUT2D eigenvalue weighted by Gasteiger charge is 2.45. The van der Waals surface area contributed by atoms with Gasteiger partial charge in [0.15, 0.2) is 17.5 Å². The fraction of sp³-hybridized carbons (Fsp3) is 0.0189. The van der Waals surface area contributed by atoms with Crippen LogP contribution < -0.4 is 0 Å². The summed E-state index contributed by atoms with van der Waals surface area (Å²) in [5.74, 6) is 1.86. The summed E-state index contributed by atoms with van der Waals surface area (Å²) in [6.07, 6.45) is 0. The molecule has 0 aliphatic heterocycles. The van der Waals surface area contributed by atoms with Gasteiger partial charge in [-0.2, -0.15) is 5.26 Å². The van der Waals surface area contributed by atoms with Crippen LogP contribution in [0.1, 0.15) is 27.8 Å². The Labute approximate surface area is 332 Å². The molecular weight excluding hydrogens is 693 g/mol. The van der Waals surface area contributed by atoms with Crippen molar-refractivity contribution >= 4 is 0 Å². The molecule has 8 aromatic carbocycles. The van der Waals surface area contributed by atoms with E-state index < -0.39 is 5.41 Å². The van der Waals surface area contributed by atoms with E-state index in [1.807, 2.05) is 60.7 Å². The van der Waals surface area contributed by atoms with Crippen molar-refractivity contribution in [2.45, 2.75) is 5.41 Å². The SMILES string of the molecule is N#Cc1cccc(-c2ccc(C3(c4ccc(-c5nc(-c6ccccc6)nc(-c6ccccc6-c6ccccc6)n5)cc4)c4ccccc4-c4ccccc43)cc2)c1. The zero-order valence-corrected chi connectivity index (χ0v) is 30.9. The molecule has 0 fully saturated rings. The van der Waals surface area contributed by atoms with Crippen molar-refractivity contribution in [1.29, 1.82) is 5.26 Å². The Morgan fingerprint density at radius 2 is 0.772 bits per heavy atom. The molecule has 0 saturated heterocycles. The minimum Gasteiger partial charge on any atom is -0.208 e. The molecule has 0 radical (unpaired) electrons. The highest BCUT2D eigenvalue weighted by molar-refractivity contribution is 5.87. The van der Waals surface area contributed by atoms with Crippen LogP contribution in [0.4, 0.5) is 0 Å². The van der Waals surface area contributed by atoms with E-state index in [-0.39, 0.29) is 0 Å². The summed E-state index contributed by atoms with van der Waals surface area (Å²) in [4.78, 5) is 15.3. The Hall–Kier alpha value is -7.74. The first-order valence-corrected chi connectivity index (χ1v) is 19.1. The van der Waals surface area contributed by atoms with Gasteiger partial charge in [-0.15, -0.1) is 0 Å². The molecule has 0 unspecified atom stereocenters. The van der Waals surface area contributed by atoms with Crippen LogP contribution in [0.5, 0.6) is 0 Å². The monoisotopic (exact) mass is 726 g/mol. The van der Waals surface area contributed by atoms with Crippen molar-refractivity contribution in [3.05, 3.63) is 234 Å². The lowest BCUT2D eigenvalue weighted by Crippen LogP contribution is -2.28. The predicted octanol–water partition coefficient (Wildman–Crippen LogP) is 12.4. The van der Waals surface area contributed by atoms with E-state index in [9.17, 15) is 5.26 Å². The first kappa shape index (κ1) is 33.8. The van der Waals surface area contributed by atoms with Crippen LogP contribution in [0, 0.1) is 11.3 Å². The molecule has 10 rings (SSSR count). The van der Waals surface area contributed by atoms with Gasteiger partial charge in [0, 0.05) is 16.7 Å². The highest BCUT2D eigenvalue weighted by atomic mass is 15.0. The van der Waals surface area contributed by atoms with Gasteiger partial charge in [-0.05, 0) is 67.8 Å². The Kier molecular flexibility index (Phi) is 8.39. The maximum Gasteiger partial charge on any atom is 0.164 e. The number of hydrogen-bond acceptors (Lipinski definition) is 4. The maximum atomic E-state index is 9.56. The number of aromatic nitrogens is 3. The molecule has 0 N–H and O–H groups in total. The normalized spacial score (nSPS) is 12.3. The minimum atomic E-state index is -0.577. The molecule has 1 aromatic heterocycles. The number of rotatable bonds is 7. The summed E-state index contributed by atoms with van der Waals surface area (Å²) in [5, 5.41) is 9.56. The molecule has 9 aromatic rings. The van der Waals surface area contributed by atoms with Gasteiger partial charge in [-0.25, -0.2) is 15.0 Å². The van der Waals surface area contributed by atoms with Crippen molar-refractivity contribution in [3.8, 4) is 73.6 Å². The van der Waals surface area contributed by atoms with Gasteiger partial charge in [0.1, 0.15) is 0 Å². The molecule has 1 aliphatic carbocycles. The number of benzene rings is 8. The third-order valence-corrected chi connectivity index (χ3v) is 11.1. The Balaban J connectivity index is 1.13. The zero-order valence-electron chi connectivity index (χ0n) is 30.9. The van der Waals surface area contributed by atoms with Crippen LogP contribution in [-0.2, 0) is 5.41 Å². The van der Waals surface area contributed by atoms with Crippen molar-refractivity contribution in [2.24, 2.45) is 0 Å². The van der Waals surface area contributed by atoms with Crippen LogP contribution in [0.25, 0.3) is 67.5 Å². The lowest BCUT2D eigenvalue weighted by Gasteiger charge is -2.34. The molecule has 266 valence electrons. The number of nitrogens with zero attached hydrogens (tertiary/aromatic N) is 4. The van der Waals surface area contributed by atoms with Gasteiger partial charge >= 0.3 is 0 Å². The van der Waals surface area contributed by atoms with Crippen LogP contribution in [0.3, 0.4) is 0 Å². The third-order valence-electron chi connectivity index (χ3n) is 11.1. The molecule has 1 heterocycles. The second-order valence-corrected chi connectivity index (χ2v) is 14.3. The molecule has 4 heteroatoms. The third kappa shape index (κ3) is 5.82. The van der Waals surface area contributed by atoms with E-state index in [0.717, 1.165) is 44.5 Å². The molecule has 0 amide bonds. The van der Waals surface area contributed by atoms with Gasteiger partial charge in [0.05, 0.1) is 17.0 Å². The highest BCUT2D eigenvalue weighted by Crippen LogP contribution is 2.56. The Bertz CT molecular complexity index is 2900. The quantitative estimate of drug-likeness (QED) is 0.164. The van der Waals surface area contributed by atoms with E-state index in [1.54, 1.807) is 0 Å². The van der Waals surface area contributed by atoms with Gasteiger partial charge in [-0.1, -0.05) is 194 Å². The molecule has 4 nitrogen and oxygen atoms in total. The van der Waals surface area contributed by atoms with E-state index in [0.29, 0.717) is 23.0 Å². The van der Waals surface area contributed by atoms with Gasteiger partial charge in [0.2, 0.25) is 0 Å². The average molecular weight is 727 g/mol. The van der Waals surface area contributed by atoms with Crippen molar-refractivity contribution < 1.29 is 0 Å². The summed E-state index contributed by atoms with van der Waals surface area (Å²) in [5.41, 5.74) is 14.4. The fourth-order valence-corrected chi connectivity index (χ4v) is 8.46. The summed E-state index contributed by atoms with van der Waals surface area (Å²) < 4.78 is 0. The first-order chi connectivity index (χ1) is 28.2. The molecule has 1 aliphatic rings. The predicted molar refractivity (Wildman–Crippen MR) is 229 cm³/mol. The van der Waals surface area contributed by atoms with Crippen molar-refractivity contribution in [1.82, 2.24) is 15.0 Å². The summed E-state index contributed by atoms with van der Waals surface area (Å²) >= 11 is 0. The van der Waals surface area contributed by atoms with E-state index in [4.69, 9.17) is 15.0 Å². The summed E-state index contributed by atoms with van der Waals surface area (Å²) in [6, 6.07) is 74.0. The summed E-state index contributed by atoms with van der Waals surface area (Å²) in [6.45, 7) is 0. The molecule has 57 heavy (non-hydrogen) atoms. The van der Waals surface area contributed by atoms with Crippen molar-refractivity contribution in [3.63, 3.8) is 0 Å². The fourth-order valence-electron chi connectivity index (χ4n) is 8.46. The second kappa shape index (κ2) is 14.2. The molecule has 0 saturated carbocycles. The number of nitriles is 1. The first-order valence-electron chi connectivity index (χ1n) is 19.1. The standard InChI is InChI=1S/C53H34N4/c54-35-36-14-13-19-41(34-36)37-26-30-42(31-27-37)53(48-24-11-9-21-45(48)46-22-10-12-25-49(46)53)43-32-28-40(29-33-43)51-55-50(39-17-5-2-6-18-39)56-52(57-51)47-23-8-7-20-44(47)38-15-3-1-4-16-38/h1-34H. The largest absolute Gasteiger partial charge is 0.208 e. The Morgan fingerprint density at radius 3 is 1.35 bits per heavy atom. The Morgan fingerprint density at radius 1 is 0.333 bits per heavy atom. The second-order valence-electron chi connectivity index (χ2n) is 14.3. The lowest BCUT2D eigenvalue weighted by atomic mass is 9.67. The van der Waals surface area contributed by atoms with Crippen molar-refractivity contribution in [2.75, 3.05) is 0 Å². The molecule has 0 atom stereocenters. The zero-order chi connectivity index (χ0) is 38.2.